The third-order valence-corrected chi connectivity index (χ3v) is 4.00. The lowest BCUT2D eigenvalue weighted by Gasteiger charge is -2.11. The van der Waals surface area contributed by atoms with Crippen molar-refractivity contribution >= 4 is 17.4 Å². The zero-order valence-corrected chi connectivity index (χ0v) is 9.59. The first kappa shape index (κ1) is 9.98. The molecule has 1 saturated heterocycles. The molecule has 3 heterocycles. The molecular formula is C9H11N5OS. The quantitative estimate of drug-likeness (QED) is 0.769. The predicted molar refractivity (Wildman–Crippen MR) is 58.3 cm³/mol. The molecule has 0 bridgehead atoms. The third-order valence-electron chi connectivity index (χ3n) is 2.62. The second kappa shape index (κ2) is 3.99. The van der Waals surface area contributed by atoms with Crippen molar-refractivity contribution in [1.82, 2.24) is 25.3 Å². The lowest BCUT2D eigenvalue weighted by Crippen LogP contribution is -2.13. The highest BCUT2D eigenvalue weighted by Crippen LogP contribution is 2.31. The van der Waals surface area contributed by atoms with Crippen LogP contribution in [0.5, 0.6) is 0 Å². The second-order valence-corrected chi connectivity index (χ2v) is 4.98. The summed E-state index contributed by atoms with van der Waals surface area (Å²) < 4.78 is 6.96. The first-order chi connectivity index (χ1) is 7.83. The molecule has 84 valence electrons. The van der Waals surface area contributed by atoms with Gasteiger partial charge >= 0.3 is 0 Å². The first-order valence-corrected chi connectivity index (χ1v) is 6.04. The average molecular weight is 237 g/mol. The Morgan fingerprint density at radius 1 is 1.50 bits per heavy atom. The highest BCUT2D eigenvalue weighted by atomic mass is 32.2. The Morgan fingerprint density at radius 3 is 3.25 bits per heavy atom. The molecule has 0 N–H and O–H groups in total. The zero-order valence-electron chi connectivity index (χ0n) is 8.78. The van der Waals surface area contributed by atoms with E-state index in [-0.39, 0.29) is 6.10 Å². The van der Waals surface area contributed by atoms with Crippen molar-refractivity contribution in [2.24, 2.45) is 0 Å². The van der Waals surface area contributed by atoms with Gasteiger partial charge in [-0.05, 0) is 35.9 Å². The molecule has 0 unspecified atom stereocenters. The number of thioether (sulfide) groups is 1. The van der Waals surface area contributed by atoms with Crippen LogP contribution in [-0.2, 0) is 4.74 Å². The summed E-state index contributed by atoms with van der Waals surface area (Å²) in [6.45, 7) is 2.94. The van der Waals surface area contributed by atoms with Gasteiger partial charge in [0.15, 0.2) is 5.65 Å². The van der Waals surface area contributed by atoms with E-state index in [9.17, 15) is 0 Å². The van der Waals surface area contributed by atoms with E-state index >= 15 is 0 Å². The average Bonchev–Trinajstić information content (AvgIpc) is 2.88. The van der Waals surface area contributed by atoms with Crippen molar-refractivity contribution in [3.8, 4) is 0 Å². The maximum atomic E-state index is 5.51. The molecule has 6 nitrogen and oxygen atoms in total. The van der Waals surface area contributed by atoms with Crippen molar-refractivity contribution in [2.75, 3.05) is 6.61 Å². The van der Waals surface area contributed by atoms with Crippen LogP contribution in [0.1, 0.15) is 13.3 Å². The number of rotatable bonds is 2. The van der Waals surface area contributed by atoms with Crippen LogP contribution in [0, 0.1) is 0 Å². The summed E-state index contributed by atoms with van der Waals surface area (Å²) in [4.78, 5) is 0. The van der Waals surface area contributed by atoms with E-state index < -0.39 is 0 Å². The van der Waals surface area contributed by atoms with Crippen molar-refractivity contribution in [3.05, 3.63) is 12.1 Å². The molecule has 0 saturated carbocycles. The summed E-state index contributed by atoms with van der Waals surface area (Å²) in [6.07, 6.45) is 1.36. The molecule has 0 aromatic carbocycles. The van der Waals surface area contributed by atoms with Crippen molar-refractivity contribution in [2.45, 2.75) is 29.7 Å². The van der Waals surface area contributed by atoms with E-state index in [1.807, 2.05) is 12.1 Å². The molecule has 2 aromatic rings. The van der Waals surface area contributed by atoms with E-state index in [2.05, 4.69) is 27.5 Å². The molecule has 0 amide bonds. The molecule has 0 aliphatic carbocycles. The van der Waals surface area contributed by atoms with E-state index in [4.69, 9.17) is 4.74 Å². The van der Waals surface area contributed by atoms with E-state index in [1.54, 1.807) is 11.8 Å². The van der Waals surface area contributed by atoms with Gasteiger partial charge in [-0.1, -0.05) is 11.8 Å². The monoisotopic (exact) mass is 237 g/mol. The van der Waals surface area contributed by atoms with Gasteiger partial charge in [-0.25, -0.2) is 0 Å². The van der Waals surface area contributed by atoms with Gasteiger partial charge in [0.1, 0.15) is 5.03 Å². The van der Waals surface area contributed by atoms with Crippen LogP contribution in [0.25, 0.3) is 5.65 Å². The summed E-state index contributed by atoms with van der Waals surface area (Å²) in [5.74, 6) is 0. The van der Waals surface area contributed by atoms with Gasteiger partial charge in [0.2, 0.25) is 0 Å². The van der Waals surface area contributed by atoms with Crippen molar-refractivity contribution in [1.29, 1.82) is 0 Å². The minimum absolute atomic E-state index is 0.288. The second-order valence-electron chi connectivity index (χ2n) is 3.72. The number of hydrogen-bond donors (Lipinski definition) is 0. The normalized spacial score (nSPS) is 25.3. The van der Waals surface area contributed by atoms with Crippen LogP contribution in [-0.4, -0.2) is 43.2 Å². The standard InChI is InChI=1S/C9H11N5OS/c1-6-7(4-5-15-6)16-9-3-2-8-10-12-13-14(8)11-9/h2-3,6-7H,4-5H2,1H3/t6-,7+/m0/s1. The molecule has 7 heteroatoms. The van der Waals surface area contributed by atoms with Gasteiger partial charge in [-0.3, -0.25) is 0 Å². The van der Waals surface area contributed by atoms with Gasteiger partial charge in [0.25, 0.3) is 0 Å². The van der Waals surface area contributed by atoms with Crippen LogP contribution in [0.2, 0.25) is 0 Å². The minimum atomic E-state index is 0.288. The van der Waals surface area contributed by atoms with Crippen LogP contribution in [0.15, 0.2) is 17.2 Å². The van der Waals surface area contributed by atoms with Gasteiger partial charge < -0.3 is 4.74 Å². The molecular weight excluding hydrogens is 226 g/mol. The molecule has 2 atom stereocenters. The maximum Gasteiger partial charge on any atom is 0.200 e. The van der Waals surface area contributed by atoms with Gasteiger partial charge in [0, 0.05) is 11.9 Å². The summed E-state index contributed by atoms with van der Waals surface area (Å²) in [5, 5.41) is 16.9. The van der Waals surface area contributed by atoms with Gasteiger partial charge in [0.05, 0.1) is 6.10 Å². The molecule has 0 radical (unpaired) electrons. The molecule has 1 aliphatic heterocycles. The smallest absolute Gasteiger partial charge is 0.200 e. The Morgan fingerprint density at radius 2 is 2.44 bits per heavy atom. The predicted octanol–water partition coefficient (Wildman–Crippen LogP) is 0.789. The number of nitrogens with zero attached hydrogens (tertiary/aromatic N) is 5. The summed E-state index contributed by atoms with van der Waals surface area (Å²) in [6, 6.07) is 3.82. The Bertz CT molecular complexity index is 501. The van der Waals surface area contributed by atoms with Crippen LogP contribution < -0.4 is 0 Å². The Labute approximate surface area is 96.4 Å². The Hall–Kier alpha value is -1.21. The van der Waals surface area contributed by atoms with E-state index in [0.29, 0.717) is 10.9 Å². The molecule has 2 aromatic heterocycles. The number of hydrogen-bond acceptors (Lipinski definition) is 6. The Balaban J connectivity index is 1.83. The summed E-state index contributed by atoms with van der Waals surface area (Å²) >= 11 is 1.73. The number of fused-ring (bicyclic) bond motifs is 1. The molecule has 3 rings (SSSR count). The van der Waals surface area contributed by atoms with Crippen LogP contribution >= 0.6 is 11.8 Å². The number of tetrazole rings is 1. The van der Waals surface area contributed by atoms with Gasteiger partial charge in [-0.15, -0.1) is 14.8 Å². The Kier molecular flexibility index (Phi) is 2.49. The van der Waals surface area contributed by atoms with E-state index in [1.165, 1.54) is 4.63 Å². The molecule has 1 fully saturated rings. The largest absolute Gasteiger partial charge is 0.377 e. The first-order valence-electron chi connectivity index (χ1n) is 5.16. The third kappa shape index (κ3) is 1.76. The molecule has 1 aliphatic rings. The fourth-order valence-corrected chi connectivity index (χ4v) is 2.78. The highest BCUT2D eigenvalue weighted by molar-refractivity contribution is 7.99. The van der Waals surface area contributed by atoms with Crippen molar-refractivity contribution in [3.63, 3.8) is 0 Å². The highest BCUT2D eigenvalue weighted by Gasteiger charge is 2.25. The SMILES string of the molecule is C[C@@H]1OCC[C@H]1Sc1ccc2nnnn2n1. The fourth-order valence-electron chi connectivity index (χ4n) is 1.72. The van der Waals surface area contributed by atoms with Gasteiger partial charge in [-0.2, -0.15) is 0 Å². The molecule has 0 spiro atoms. The lowest BCUT2D eigenvalue weighted by molar-refractivity contribution is 0.127. The summed E-state index contributed by atoms with van der Waals surface area (Å²) in [5.41, 5.74) is 0.667. The van der Waals surface area contributed by atoms with Crippen LogP contribution in [0.3, 0.4) is 0 Å². The number of ether oxygens (including phenoxy) is 1. The summed E-state index contributed by atoms with van der Waals surface area (Å²) in [7, 11) is 0. The number of aromatic nitrogens is 5. The fraction of sp³-hybridized carbons (Fsp3) is 0.556. The lowest BCUT2D eigenvalue weighted by atomic mass is 10.3. The van der Waals surface area contributed by atoms with Crippen molar-refractivity contribution < 1.29 is 4.74 Å². The topological polar surface area (TPSA) is 65.2 Å². The van der Waals surface area contributed by atoms with E-state index in [0.717, 1.165) is 18.1 Å². The van der Waals surface area contributed by atoms with Crippen LogP contribution in [0.4, 0.5) is 0 Å². The molecule has 16 heavy (non-hydrogen) atoms. The maximum absolute atomic E-state index is 5.51. The zero-order chi connectivity index (χ0) is 11.0. The minimum Gasteiger partial charge on any atom is -0.377 e.